The van der Waals surface area contributed by atoms with Crippen LogP contribution in [0.4, 0.5) is 0 Å². The maximum Gasteiger partial charge on any atom is 0.191 e. The van der Waals surface area contributed by atoms with Crippen molar-refractivity contribution in [2.45, 2.75) is 32.5 Å². The van der Waals surface area contributed by atoms with Gasteiger partial charge in [0.15, 0.2) is 5.96 Å². The largest absolute Gasteiger partial charge is 0.489 e. The van der Waals surface area contributed by atoms with E-state index in [1.807, 2.05) is 37.4 Å². The van der Waals surface area contributed by atoms with Crippen molar-refractivity contribution in [1.82, 2.24) is 10.6 Å². The lowest BCUT2D eigenvalue weighted by Gasteiger charge is -2.12. The van der Waals surface area contributed by atoms with Crippen LogP contribution in [0, 0.1) is 5.92 Å². The number of hydrogen-bond donors (Lipinski definition) is 2. The number of guanidine groups is 1. The van der Waals surface area contributed by atoms with E-state index in [4.69, 9.17) is 4.74 Å². The van der Waals surface area contributed by atoms with Crippen LogP contribution in [0.25, 0.3) is 0 Å². The van der Waals surface area contributed by atoms with Gasteiger partial charge in [-0.1, -0.05) is 49.4 Å². The van der Waals surface area contributed by atoms with Gasteiger partial charge in [-0.05, 0) is 35.6 Å². The van der Waals surface area contributed by atoms with E-state index < -0.39 is 0 Å². The first kappa shape index (κ1) is 19.6. The summed E-state index contributed by atoms with van der Waals surface area (Å²) in [5.41, 5.74) is 2.34. The number of benzene rings is 2. The Labute approximate surface area is 167 Å². The highest BCUT2D eigenvalue weighted by molar-refractivity contribution is 14.0. The zero-order valence-electron chi connectivity index (χ0n) is 14.7. The first-order chi connectivity index (χ1) is 11.7. The van der Waals surface area contributed by atoms with E-state index in [1.54, 1.807) is 0 Å². The molecule has 1 aliphatic rings. The zero-order valence-corrected chi connectivity index (χ0v) is 17.1. The zero-order chi connectivity index (χ0) is 16.8. The minimum Gasteiger partial charge on any atom is -0.489 e. The quantitative estimate of drug-likeness (QED) is 0.397. The third kappa shape index (κ3) is 6.23. The van der Waals surface area contributed by atoms with Gasteiger partial charge in [0.25, 0.3) is 0 Å². The Kier molecular flexibility index (Phi) is 7.55. The van der Waals surface area contributed by atoms with Crippen molar-refractivity contribution < 1.29 is 4.74 Å². The number of halogens is 1. The van der Waals surface area contributed by atoms with Gasteiger partial charge in [-0.25, -0.2) is 0 Å². The summed E-state index contributed by atoms with van der Waals surface area (Å²) >= 11 is 0. The summed E-state index contributed by atoms with van der Waals surface area (Å²) in [6.45, 7) is 3.56. The number of nitrogens with one attached hydrogen (secondary N) is 2. The second-order valence-electron chi connectivity index (χ2n) is 6.31. The lowest BCUT2D eigenvalue weighted by molar-refractivity contribution is 0.306. The molecule has 0 bridgehead atoms. The fraction of sp³-hybridized carbons (Fsp3) is 0.350. The summed E-state index contributed by atoms with van der Waals surface area (Å²) in [6.07, 6.45) is 1.23. The van der Waals surface area contributed by atoms with Crippen molar-refractivity contribution in [2.24, 2.45) is 10.9 Å². The topological polar surface area (TPSA) is 45.7 Å². The van der Waals surface area contributed by atoms with Crippen molar-refractivity contribution >= 4 is 29.9 Å². The Morgan fingerprint density at radius 2 is 1.84 bits per heavy atom. The van der Waals surface area contributed by atoms with Gasteiger partial charge in [-0.3, -0.25) is 4.99 Å². The molecule has 5 heteroatoms. The molecule has 4 nitrogen and oxygen atoms in total. The first-order valence-electron chi connectivity index (χ1n) is 8.47. The molecule has 2 unspecified atom stereocenters. The van der Waals surface area contributed by atoms with Crippen LogP contribution in [0.2, 0.25) is 0 Å². The molecule has 2 aromatic carbocycles. The summed E-state index contributed by atoms with van der Waals surface area (Å²) in [7, 11) is 1.81. The Morgan fingerprint density at radius 3 is 2.52 bits per heavy atom. The van der Waals surface area contributed by atoms with Crippen molar-refractivity contribution in [3.8, 4) is 5.75 Å². The highest BCUT2D eigenvalue weighted by Crippen LogP contribution is 2.28. The smallest absolute Gasteiger partial charge is 0.191 e. The lowest BCUT2D eigenvalue weighted by atomic mass is 10.2. The van der Waals surface area contributed by atoms with Crippen molar-refractivity contribution in [3.05, 3.63) is 65.7 Å². The van der Waals surface area contributed by atoms with Gasteiger partial charge < -0.3 is 15.4 Å². The molecular formula is C20H26IN3O. The number of nitrogens with zero attached hydrogens (tertiary/aromatic N) is 1. The molecule has 0 radical (unpaired) electrons. The maximum absolute atomic E-state index is 5.88. The van der Waals surface area contributed by atoms with E-state index >= 15 is 0 Å². The maximum atomic E-state index is 5.88. The van der Waals surface area contributed by atoms with E-state index in [0.717, 1.165) is 24.2 Å². The number of ether oxygens (including phenoxy) is 1. The van der Waals surface area contributed by atoms with Crippen LogP contribution in [0.1, 0.15) is 24.5 Å². The summed E-state index contributed by atoms with van der Waals surface area (Å²) < 4.78 is 5.88. The number of aliphatic imine (C=N–C) groups is 1. The minimum absolute atomic E-state index is 0. The molecule has 0 aromatic heterocycles. The van der Waals surface area contributed by atoms with Gasteiger partial charge in [0.05, 0.1) is 0 Å². The van der Waals surface area contributed by atoms with Crippen molar-refractivity contribution in [1.29, 1.82) is 0 Å². The van der Waals surface area contributed by atoms with E-state index in [1.165, 1.54) is 17.5 Å². The van der Waals surface area contributed by atoms with Crippen LogP contribution >= 0.6 is 24.0 Å². The van der Waals surface area contributed by atoms with Crippen LogP contribution in [0.3, 0.4) is 0 Å². The highest BCUT2D eigenvalue weighted by Gasteiger charge is 2.33. The Bertz CT molecular complexity index is 690. The predicted molar refractivity (Wildman–Crippen MR) is 114 cm³/mol. The van der Waals surface area contributed by atoms with Gasteiger partial charge in [0.1, 0.15) is 12.4 Å². The average molecular weight is 451 g/mol. The monoisotopic (exact) mass is 451 g/mol. The van der Waals surface area contributed by atoms with Gasteiger partial charge in [0, 0.05) is 19.6 Å². The standard InChI is InChI=1S/C20H25N3O.HI/c1-15-11-19(15)23-20(21-2)22-13-17-9-6-10-18(12-17)24-14-16-7-4-3-5-8-16;/h3-10,12,15,19H,11,13-14H2,1-2H3,(H2,21,22,23);1H. The lowest BCUT2D eigenvalue weighted by Crippen LogP contribution is -2.38. The molecule has 0 spiro atoms. The SMILES string of the molecule is CN=C(NCc1cccc(OCc2ccccc2)c1)NC1CC1C.I. The van der Waals surface area contributed by atoms with Crippen LogP contribution in [0.5, 0.6) is 5.75 Å². The minimum atomic E-state index is 0. The molecule has 25 heavy (non-hydrogen) atoms. The summed E-state index contributed by atoms with van der Waals surface area (Å²) in [4.78, 5) is 4.28. The van der Waals surface area contributed by atoms with Gasteiger partial charge in [0.2, 0.25) is 0 Å². The molecule has 2 N–H and O–H groups in total. The number of rotatable bonds is 6. The Balaban J connectivity index is 0.00000225. The third-order valence-electron chi connectivity index (χ3n) is 4.26. The highest BCUT2D eigenvalue weighted by atomic mass is 127. The second kappa shape index (κ2) is 9.65. The number of hydrogen-bond acceptors (Lipinski definition) is 2. The Hall–Kier alpha value is -1.76. The molecule has 0 heterocycles. The molecule has 1 saturated carbocycles. The molecule has 0 aliphatic heterocycles. The summed E-state index contributed by atoms with van der Waals surface area (Å²) in [5, 5.41) is 6.79. The molecule has 1 fully saturated rings. The summed E-state index contributed by atoms with van der Waals surface area (Å²) in [5.74, 6) is 2.50. The second-order valence-corrected chi connectivity index (χ2v) is 6.31. The molecule has 1 aliphatic carbocycles. The molecule has 2 atom stereocenters. The molecule has 134 valence electrons. The van der Waals surface area contributed by atoms with Gasteiger partial charge >= 0.3 is 0 Å². The fourth-order valence-electron chi connectivity index (χ4n) is 2.57. The predicted octanol–water partition coefficient (Wildman–Crippen LogP) is 3.96. The molecule has 0 amide bonds. The van der Waals surface area contributed by atoms with Crippen molar-refractivity contribution in [3.63, 3.8) is 0 Å². The average Bonchev–Trinajstić information content (AvgIpc) is 3.33. The van der Waals surface area contributed by atoms with Crippen LogP contribution < -0.4 is 15.4 Å². The molecule has 0 saturated heterocycles. The third-order valence-corrected chi connectivity index (χ3v) is 4.26. The van der Waals surface area contributed by atoms with E-state index in [2.05, 4.69) is 46.8 Å². The van der Waals surface area contributed by atoms with Crippen LogP contribution in [-0.4, -0.2) is 19.0 Å². The van der Waals surface area contributed by atoms with Gasteiger partial charge in [-0.2, -0.15) is 0 Å². The molecular weight excluding hydrogens is 425 g/mol. The van der Waals surface area contributed by atoms with Crippen LogP contribution in [-0.2, 0) is 13.2 Å². The fourth-order valence-corrected chi connectivity index (χ4v) is 2.57. The van der Waals surface area contributed by atoms with E-state index in [-0.39, 0.29) is 24.0 Å². The molecule has 3 rings (SSSR count). The van der Waals surface area contributed by atoms with Crippen LogP contribution in [0.15, 0.2) is 59.6 Å². The van der Waals surface area contributed by atoms with E-state index in [0.29, 0.717) is 12.6 Å². The van der Waals surface area contributed by atoms with E-state index in [9.17, 15) is 0 Å². The normalized spacial score (nSPS) is 18.9. The summed E-state index contributed by atoms with van der Waals surface area (Å²) in [6, 6.07) is 19.0. The van der Waals surface area contributed by atoms with Crippen molar-refractivity contribution in [2.75, 3.05) is 7.05 Å². The molecule has 2 aromatic rings. The van der Waals surface area contributed by atoms with Gasteiger partial charge in [-0.15, -0.1) is 24.0 Å². The Morgan fingerprint density at radius 1 is 1.12 bits per heavy atom. The first-order valence-corrected chi connectivity index (χ1v) is 8.47.